The molecule has 0 saturated carbocycles. The van der Waals surface area contributed by atoms with Crippen LogP contribution in [0.1, 0.15) is 47.0 Å². The molecule has 0 bridgehead atoms. The van der Waals surface area contributed by atoms with Crippen LogP contribution in [0, 0.1) is 0 Å². The highest BCUT2D eigenvalue weighted by molar-refractivity contribution is 5.95. The molecular formula is C22H36N4O4. The molecule has 8 nitrogen and oxygen atoms in total. The lowest BCUT2D eigenvalue weighted by Gasteiger charge is -2.20. The number of anilines is 1. The summed E-state index contributed by atoms with van der Waals surface area (Å²) >= 11 is 0. The first-order valence-electron chi connectivity index (χ1n) is 10.7. The van der Waals surface area contributed by atoms with Crippen molar-refractivity contribution in [1.29, 1.82) is 0 Å². The Balaban J connectivity index is 1.99. The van der Waals surface area contributed by atoms with Gasteiger partial charge in [0.05, 0.1) is 19.8 Å². The lowest BCUT2D eigenvalue weighted by molar-refractivity contribution is -0.121. The predicted molar refractivity (Wildman–Crippen MR) is 120 cm³/mol. The Morgan fingerprint density at radius 2 is 1.93 bits per heavy atom. The summed E-state index contributed by atoms with van der Waals surface area (Å²) in [5.41, 5.74) is 0.503. The van der Waals surface area contributed by atoms with Crippen LogP contribution < -0.4 is 25.4 Å². The number of hydrogen-bond acceptors (Lipinski definition) is 5. The summed E-state index contributed by atoms with van der Waals surface area (Å²) in [4.78, 5) is 16.6. The minimum atomic E-state index is -0.297. The highest BCUT2D eigenvalue weighted by Gasteiger charge is 2.14. The van der Waals surface area contributed by atoms with Crippen molar-refractivity contribution < 1.29 is 19.0 Å². The molecule has 0 aromatic heterocycles. The fourth-order valence-corrected chi connectivity index (χ4v) is 2.72. The molecule has 0 fully saturated rings. The van der Waals surface area contributed by atoms with Crippen LogP contribution in [0.25, 0.3) is 0 Å². The first-order valence-corrected chi connectivity index (χ1v) is 10.7. The van der Waals surface area contributed by atoms with Gasteiger partial charge in [-0.05, 0) is 39.3 Å². The molecule has 1 aromatic rings. The molecule has 0 spiro atoms. The molecule has 168 valence electrons. The number of benzene rings is 1. The molecule has 30 heavy (non-hydrogen) atoms. The van der Waals surface area contributed by atoms with Crippen molar-refractivity contribution in [3.05, 3.63) is 18.2 Å². The van der Waals surface area contributed by atoms with Crippen LogP contribution in [0.2, 0.25) is 0 Å². The van der Waals surface area contributed by atoms with E-state index >= 15 is 0 Å². The van der Waals surface area contributed by atoms with E-state index in [9.17, 15) is 4.79 Å². The number of fused-ring (bicyclic) bond motifs is 1. The number of unbranched alkanes of at least 4 members (excludes halogenated alkanes) is 1. The van der Waals surface area contributed by atoms with Gasteiger partial charge in [-0.25, -0.2) is 4.99 Å². The summed E-state index contributed by atoms with van der Waals surface area (Å²) in [5, 5.41) is 9.37. The average molecular weight is 421 g/mol. The van der Waals surface area contributed by atoms with Gasteiger partial charge in [0.1, 0.15) is 6.54 Å². The standard InChI is InChI=1S/C22H36N4O4/c1-5-6-11-28-14-10-23-21(24-16-20(27)26-22(2,3)4)25-17-8-9-18-19(15-17)30-13-7-12-29-18/h8-9,15H,5-7,10-14,16H2,1-4H3,(H,26,27)(H2,23,24,25). The number of nitrogens with one attached hydrogen (secondary N) is 3. The number of guanidine groups is 1. The van der Waals surface area contributed by atoms with Crippen LogP contribution in [0.5, 0.6) is 11.5 Å². The van der Waals surface area contributed by atoms with E-state index in [0.29, 0.717) is 38.1 Å². The number of hydrogen-bond donors (Lipinski definition) is 3. The van der Waals surface area contributed by atoms with Gasteiger partial charge in [-0.3, -0.25) is 4.79 Å². The maximum absolute atomic E-state index is 12.2. The Hall–Kier alpha value is -2.48. The number of amides is 1. The molecule has 8 heteroatoms. The molecule has 1 amide bonds. The van der Waals surface area contributed by atoms with Crippen LogP contribution in [0.4, 0.5) is 5.69 Å². The van der Waals surface area contributed by atoms with Gasteiger partial charge in [0, 0.05) is 36.9 Å². The maximum Gasteiger partial charge on any atom is 0.242 e. The maximum atomic E-state index is 12.2. The number of carbonyl (C=O) groups excluding carboxylic acids is 1. The van der Waals surface area contributed by atoms with Crippen molar-refractivity contribution >= 4 is 17.6 Å². The van der Waals surface area contributed by atoms with Gasteiger partial charge >= 0.3 is 0 Å². The third-order valence-electron chi connectivity index (χ3n) is 4.09. The average Bonchev–Trinajstić information content (AvgIpc) is 2.92. The summed E-state index contributed by atoms with van der Waals surface area (Å²) in [6.07, 6.45) is 3.00. The van der Waals surface area contributed by atoms with Gasteiger partial charge in [0.15, 0.2) is 17.5 Å². The van der Waals surface area contributed by atoms with Gasteiger partial charge in [-0.1, -0.05) is 13.3 Å². The molecule has 2 rings (SSSR count). The van der Waals surface area contributed by atoms with Crippen molar-refractivity contribution in [2.75, 3.05) is 44.8 Å². The third-order valence-corrected chi connectivity index (χ3v) is 4.09. The highest BCUT2D eigenvalue weighted by Crippen LogP contribution is 2.32. The lowest BCUT2D eigenvalue weighted by Crippen LogP contribution is -2.42. The largest absolute Gasteiger partial charge is 0.490 e. The van der Waals surface area contributed by atoms with Gasteiger partial charge in [0.25, 0.3) is 0 Å². The monoisotopic (exact) mass is 420 g/mol. The zero-order chi connectivity index (χ0) is 21.8. The van der Waals surface area contributed by atoms with Gasteiger partial charge in [-0.2, -0.15) is 0 Å². The second-order valence-corrected chi connectivity index (χ2v) is 8.19. The molecule has 0 saturated heterocycles. The van der Waals surface area contributed by atoms with Crippen molar-refractivity contribution in [1.82, 2.24) is 10.6 Å². The first kappa shape index (κ1) is 23.8. The van der Waals surface area contributed by atoms with E-state index in [1.807, 2.05) is 39.0 Å². The summed E-state index contributed by atoms with van der Waals surface area (Å²) < 4.78 is 17.0. The van der Waals surface area contributed by atoms with Gasteiger partial charge in [-0.15, -0.1) is 0 Å². The van der Waals surface area contributed by atoms with E-state index in [4.69, 9.17) is 14.2 Å². The fourth-order valence-electron chi connectivity index (χ4n) is 2.72. The zero-order valence-electron chi connectivity index (χ0n) is 18.7. The topological polar surface area (TPSA) is 93.2 Å². The van der Waals surface area contributed by atoms with E-state index in [1.165, 1.54) is 0 Å². The quantitative estimate of drug-likeness (QED) is 0.323. The fraction of sp³-hybridized carbons (Fsp3) is 0.636. The van der Waals surface area contributed by atoms with Crippen molar-refractivity contribution in [3.8, 4) is 11.5 Å². The Kier molecular flexibility index (Phi) is 9.73. The second kappa shape index (κ2) is 12.3. The number of carbonyl (C=O) groups is 1. The van der Waals surface area contributed by atoms with E-state index in [2.05, 4.69) is 27.9 Å². The van der Waals surface area contributed by atoms with Gasteiger partial charge < -0.3 is 30.2 Å². The van der Waals surface area contributed by atoms with Crippen LogP contribution in [-0.2, 0) is 9.53 Å². The first-order chi connectivity index (χ1) is 14.4. The van der Waals surface area contributed by atoms with Crippen LogP contribution >= 0.6 is 0 Å². The Morgan fingerprint density at radius 1 is 1.17 bits per heavy atom. The van der Waals surface area contributed by atoms with Crippen LogP contribution in [-0.4, -0.2) is 56.9 Å². The molecule has 0 aliphatic carbocycles. The Labute approximate surface area is 179 Å². The summed E-state index contributed by atoms with van der Waals surface area (Å²) in [6.45, 7) is 11.1. The SMILES string of the molecule is CCCCOCCNC(=NCC(=O)NC(C)(C)C)Nc1ccc2c(c1)OCCCO2. The van der Waals surface area contributed by atoms with Crippen molar-refractivity contribution in [2.24, 2.45) is 4.99 Å². The molecule has 3 N–H and O–H groups in total. The van der Waals surface area contributed by atoms with Crippen LogP contribution in [0.3, 0.4) is 0 Å². The molecule has 0 unspecified atom stereocenters. The van der Waals surface area contributed by atoms with Gasteiger partial charge in [0.2, 0.25) is 5.91 Å². The smallest absolute Gasteiger partial charge is 0.242 e. The zero-order valence-corrected chi connectivity index (χ0v) is 18.7. The number of aliphatic imine (C=N–C) groups is 1. The minimum absolute atomic E-state index is 0.0217. The van der Waals surface area contributed by atoms with E-state index in [-0.39, 0.29) is 18.0 Å². The Bertz CT molecular complexity index is 701. The summed E-state index contributed by atoms with van der Waals surface area (Å²) in [7, 11) is 0. The van der Waals surface area contributed by atoms with Crippen molar-refractivity contribution in [3.63, 3.8) is 0 Å². The third kappa shape index (κ3) is 9.35. The molecule has 0 radical (unpaired) electrons. The summed E-state index contributed by atoms with van der Waals surface area (Å²) in [5.74, 6) is 1.80. The molecule has 1 aliphatic heterocycles. The van der Waals surface area contributed by atoms with E-state index < -0.39 is 0 Å². The number of rotatable bonds is 9. The Morgan fingerprint density at radius 3 is 2.67 bits per heavy atom. The molecule has 1 heterocycles. The normalized spacial score (nSPS) is 14.1. The molecule has 0 atom stereocenters. The second-order valence-electron chi connectivity index (χ2n) is 8.19. The highest BCUT2D eigenvalue weighted by atomic mass is 16.5. The van der Waals surface area contributed by atoms with E-state index in [0.717, 1.165) is 37.3 Å². The van der Waals surface area contributed by atoms with E-state index in [1.54, 1.807) is 0 Å². The number of ether oxygens (including phenoxy) is 3. The lowest BCUT2D eigenvalue weighted by atomic mass is 10.1. The summed E-state index contributed by atoms with van der Waals surface area (Å²) in [6, 6.07) is 5.66. The van der Waals surface area contributed by atoms with Crippen LogP contribution in [0.15, 0.2) is 23.2 Å². The molecule has 1 aromatic carbocycles. The number of nitrogens with zero attached hydrogens (tertiary/aromatic N) is 1. The molecular weight excluding hydrogens is 384 g/mol. The minimum Gasteiger partial charge on any atom is -0.490 e. The molecule has 1 aliphatic rings. The predicted octanol–water partition coefficient (Wildman–Crippen LogP) is 2.94. The van der Waals surface area contributed by atoms with Crippen molar-refractivity contribution in [2.45, 2.75) is 52.5 Å².